The molecule has 2 N–H and O–H groups in total. The second-order valence-corrected chi connectivity index (χ2v) is 7.93. The maximum atomic E-state index is 13.3. The highest BCUT2D eigenvalue weighted by molar-refractivity contribution is 5.95. The van der Waals surface area contributed by atoms with Crippen LogP contribution in [0.4, 0.5) is 10.1 Å². The van der Waals surface area contributed by atoms with E-state index in [1.807, 2.05) is 24.3 Å². The fourth-order valence-corrected chi connectivity index (χ4v) is 3.83. The summed E-state index contributed by atoms with van der Waals surface area (Å²) in [6.45, 7) is 0.270. The zero-order chi connectivity index (χ0) is 23.5. The maximum Gasteiger partial charge on any atom is 0.231 e. The average molecular weight is 459 g/mol. The Kier molecular flexibility index (Phi) is 5.86. The number of ether oxygens (including phenoxy) is 3. The summed E-state index contributed by atoms with van der Waals surface area (Å²) < 4.78 is 30.5. The Morgan fingerprint density at radius 3 is 2.68 bits per heavy atom. The number of aromatic nitrogens is 2. The number of carbonyl (C=O) groups excluding carboxylic acids is 1. The number of rotatable bonds is 6. The zero-order valence-corrected chi connectivity index (χ0v) is 18.4. The van der Waals surface area contributed by atoms with E-state index in [0.29, 0.717) is 29.4 Å². The summed E-state index contributed by atoms with van der Waals surface area (Å²) in [7, 11) is 1.60. The number of halogens is 1. The first-order chi connectivity index (χ1) is 16.6. The summed E-state index contributed by atoms with van der Waals surface area (Å²) in [6.07, 6.45) is 3.99. The molecule has 3 aromatic carbocycles. The molecule has 0 radical (unpaired) electrons. The molecule has 172 valence electrons. The van der Waals surface area contributed by atoms with Crippen LogP contribution in [0, 0.1) is 11.7 Å². The molecular weight excluding hydrogens is 437 g/mol. The quantitative estimate of drug-likeness (QED) is 0.414. The van der Waals surface area contributed by atoms with E-state index in [0.717, 1.165) is 22.4 Å². The fraction of sp³-hybridized carbons (Fsp3) is 0.154. The molecule has 1 amide bonds. The number of methoxy groups -OCH3 is 1. The van der Waals surface area contributed by atoms with Crippen LogP contribution >= 0.6 is 0 Å². The lowest BCUT2D eigenvalue weighted by Crippen LogP contribution is -2.32. The number of anilines is 1. The molecule has 7 nitrogen and oxygen atoms in total. The highest BCUT2D eigenvalue weighted by Crippen LogP contribution is 2.36. The number of benzene rings is 3. The number of fused-ring (bicyclic) bond motifs is 1. The summed E-state index contributed by atoms with van der Waals surface area (Å²) in [5.74, 6) is 1.42. The van der Waals surface area contributed by atoms with E-state index in [4.69, 9.17) is 14.2 Å². The van der Waals surface area contributed by atoms with Crippen LogP contribution in [0.25, 0.3) is 11.1 Å². The van der Waals surface area contributed by atoms with Gasteiger partial charge in [0.2, 0.25) is 5.91 Å². The van der Waals surface area contributed by atoms with Crippen LogP contribution in [0.15, 0.2) is 73.1 Å². The van der Waals surface area contributed by atoms with Gasteiger partial charge >= 0.3 is 0 Å². The van der Waals surface area contributed by atoms with Gasteiger partial charge in [0, 0.05) is 11.8 Å². The molecule has 0 saturated carbocycles. The minimum absolute atomic E-state index is 0.187. The summed E-state index contributed by atoms with van der Waals surface area (Å²) in [5.41, 5.74) is 3.14. The molecule has 4 aromatic rings. The molecule has 2 heterocycles. The number of hydrogen-bond acceptors (Lipinski definition) is 5. The fourth-order valence-electron chi connectivity index (χ4n) is 3.83. The predicted molar refractivity (Wildman–Crippen MR) is 125 cm³/mol. The number of nitrogens with one attached hydrogen (secondary N) is 2. The monoisotopic (exact) mass is 459 g/mol. The van der Waals surface area contributed by atoms with Gasteiger partial charge in [0.25, 0.3) is 0 Å². The van der Waals surface area contributed by atoms with Crippen molar-refractivity contribution in [1.29, 1.82) is 0 Å². The van der Waals surface area contributed by atoms with Gasteiger partial charge in [-0.2, -0.15) is 5.10 Å². The van der Waals surface area contributed by atoms with Crippen LogP contribution in [-0.4, -0.2) is 29.8 Å². The van der Waals surface area contributed by atoms with Crippen molar-refractivity contribution in [3.8, 4) is 34.1 Å². The van der Waals surface area contributed by atoms with E-state index < -0.39 is 0 Å². The van der Waals surface area contributed by atoms with Crippen LogP contribution in [-0.2, 0) is 11.2 Å². The molecule has 0 spiro atoms. The maximum absolute atomic E-state index is 13.3. The number of aromatic amines is 1. The number of nitrogens with zero attached hydrogens (tertiary/aromatic N) is 1. The van der Waals surface area contributed by atoms with E-state index >= 15 is 0 Å². The Labute approximate surface area is 195 Å². The third-order valence-electron chi connectivity index (χ3n) is 5.66. The van der Waals surface area contributed by atoms with Crippen LogP contribution in [0.2, 0.25) is 0 Å². The predicted octanol–water partition coefficient (Wildman–Crippen LogP) is 5.21. The van der Waals surface area contributed by atoms with E-state index in [-0.39, 0.29) is 24.2 Å². The normalized spacial score (nSPS) is 14.6. The van der Waals surface area contributed by atoms with Crippen LogP contribution in [0.5, 0.6) is 23.0 Å². The Hall–Kier alpha value is -4.33. The van der Waals surface area contributed by atoms with Gasteiger partial charge in [-0.25, -0.2) is 4.39 Å². The van der Waals surface area contributed by atoms with Crippen LogP contribution in [0.1, 0.15) is 5.56 Å². The van der Waals surface area contributed by atoms with Crippen molar-refractivity contribution < 1.29 is 23.4 Å². The van der Waals surface area contributed by atoms with E-state index in [1.54, 1.807) is 31.6 Å². The second-order valence-electron chi connectivity index (χ2n) is 7.93. The van der Waals surface area contributed by atoms with Crippen molar-refractivity contribution in [2.24, 2.45) is 5.92 Å². The smallest absolute Gasteiger partial charge is 0.231 e. The van der Waals surface area contributed by atoms with E-state index in [9.17, 15) is 9.18 Å². The van der Waals surface area contributed by atoms with Gasteiger partial charge in [0.05, 0.1) is 24.9 Å². The average Bonchev–Trinajstić information content (AvgIpc) is 3.41. The number of amides is 1. The standard InChI is InChI=1S/C26H22FN3O4/c1-32-22-7-9-24-17(11-22)10-18(15-33-24)26(31)30-23-8-2-16(19-13-28-29-14-19)12-25(23)34-21-5-3-20(27)4-6-21/h2-9,11-14,18H,10,15H2,1H3,(H,28,29)(H,30,31). The Bertz CT molecular complexity index is 1310. The first-order valence-electron chi connectivity index (χ1n) is 10.8. The van der Waals surface area contributed by atoms with Crippen molar-refractivity contribution in [2.45, 2.75) is 6.42 Å². The molecule has 0 bridgehead atoms. The summed E-state index contributed by atoms with van der Waals surface area (Å²) in [5, 5.41) is 9.74. The molecule has 5 rings (SSSR count). The minimum atomic E-state index is -0.383. The van der Waals surface area contributed by atoms with Gasteiger partial charge in [0.15, 0.2) is 5.75 Å². The molecule has 8 heteroatoms. The van der Waals surface area contributed by atoms with Crippen molar-refractivity contribution in [2.75, 3.05) is 19.0 Å². The lowest BCUT2D eigenvalue weighted by molar-refractivity contribution is -0.121. The van der Waals surface area contributed by atoms with Crippen molar-refractivity contribution >= 4 is 11.6 Å². The molecule has 1 aliphatic heterocycles. The zero-order valence-electron chi connectivity index (χ0n) is 18.4. The van der Waals surface area contributed by atoms with Crippen molar-refractivity contribution in [3.05, 3.63) is 84.4 Å². The van der Waals surface area contributed by atoms with Gasteiger partial charge in [-0.05, 0) is 72.1 Å². The molecule has 34 heavy (non-hydrogen) atoms. The minimum Gasteiger partial charge on any atom is -0.497 e. The van der Waals surface area contributed by atoms with Gasteiger partial charge in [-0.1, -0.05) is 6.07 Å². The first kappa shape index (κ1) is 21.5. The van der Waals surface area contributed by atoms with Crippen LogP contribution in [0.3, 0.4) is 0 Å². The van der Waals surface area contributed by atoms with Gasteiger partial charge in [0.1, 0.15) is 29.7 Å². The lowest BCUT2D eigenvalue weighted by Gasteiger charge is -2.25. The van der Waals surface area contributed by atoms with E-state index in [2.05, 4.69) is 15.5 Å². The molecule has 1 unspecified atom stereocenters. The summed E-state index contributed by atoms with van der Waals surface area (Å²) in [6, 6.07) is 16.7. The van der Waals surface area contributed by atoms with Gasteiger partial charge in [-0.15, -0.1) is 0 Å². The van der Waals surface area contributed by atoms with Crippen molar-refractivity contribution in [3.63, 3.8) is 0 Å². The second kappa shape index (κ2) is 9.27. The lowest BCUT2D eigenvalue weighted by atomic mass is 9.95. The third-order valence-corrected chi connectivity index (χ3v) is 5.66. The van der Waals surface area contributed by atoms with Gasteiger partial charge in [-0.3, -0.25) is 9.89 Å². The van der Waals surface area contributed by atoms with Crippen LogP contribution < -0.4 is 19.5 Å². The first-order valence-corrected chi connectivity index (χ1v) is 10.8. The molecule has 0 aliphatic carbocycles. The molecule has 1 atom stereocenters. The Balaban J connectivity index is 1.39. The van der Waals surface area contributed by atoms with Crippen molar-refractivity contribution in [1.82, 2.24) is 10.2 Å². The summed E-state index contributed by atoms with van der Waals surface area (Å²) in [4.78, 5) is 13.2. The molecule has 1 aliphatic rings. The highest BCUT2D eigenvalue weighted by Gasteiger charge is 2.27. The van der Waals surface area contributed by atoms with Gasteiger partial charge < -0.3 is 19.5 Å². The van der Waals surface area contributed by atoms with E-state index in [1.165, 1.54) is 24.3 Å². The Morgan fingerprint density at radius 1 is 1.09 bits per heavy atom. The highest BCUT2D eigenvalue weighted by atomic mass is 19.1. The topological polar surface area (TPSA) is 85.5 Å². The number of carbonyl (C=O) groups is 1. The molecule has 1 aromatic heterocycles. The SMILES string of the molecule is COc1ccc2c(c1)CC(C(=O)Nc1ccc(-c3cn[nH]c3)cc1Oc1ccc(F)cc1)CO2. The molecule has 0 saturated heterocycles. The Morgan fingerprint density at radius 2 is 1.91 bits per heavy atom. The molecular formula is C26H22FN3O4. The number of H-pyrrole nitrogens is 1. The number of hydrogen-bond donors (Lipinski definition) is 2. The molecule has 0 fully saturated rings. The third kappa shape index (κ3) is 4.56. The summed E-state index contributed by atoms with van der Waals surface area (Å²) >= 11 is 0. The largest absolute Gasteiger partial charge is 0.497 e.